The third-order valence-corrected chi connectivity index (χ3v) is 4.83. The second kappa shape index (κ2) is 9.10. The Morgan fingerprint density at radius 2 is 1.94 bits per heavy atom. The summed E-state index contributed by atoms with van der Waals surface area (Å²) in [6.07, 6.45) is 3.56. The lowest BCUT2D eigenvalue weighted by Gasteiger charge is -2.11. The number of amides is 1. The highest BCUT2D eigenvalue weighted by Gasteiger charge is 2.23. The SMILES string of the molecule is CC(C)n1ncc2cc(C(=O)OCC(=O)Nc3cc4c(cc3[N+](=O)[O-])OCCCO4)cnc21. The Bertz CT molecular complexity index is 1240. The molecule has 0 aliphatic carbocycles. The summed E-state index contributed by atoms with van der Waals surface area (Å²) in [5.74, 6) is -0.994. The fourth-order valence-corrected chi connectivity index (χ4v) is 3.28. The molecular weight excluding hydrogens is 434 g/mol. The van der Waals surface area contributed by atoms with Crippen LogP contribution in [0.15, 0.2) is 30.6 Å². The van der Waals surface area contributed by atoms with Crippen molar-refractivity contribution in [2.45, 2.75) is 26.3 Å². The summed E-state index contributed by atoms with van der Waals surface area (Å²) in [4.78, 5) is 39.8. The number of ether oxygens (including phenoxy) is 3. The minimum Gasteiger partial charge on any atom is -0.489 e. The molecule has 1 aromatic carbocycles. The number of pyridine rings is 1. The molecule has 0 saturated carbocycles. The minimum absolute atomic E-state index is 0.0884. The Kier molecular flexibility index (Phi) is 6.07. The smallest absolute Gasteiger partial charge is 0.340 e. The van der Waals surface area contributed by atoms with Crippen molar-refractivity contribution in [3.05, 3.63) is 46.3 Å². The summed E-state index contributed by atoms with van der Waals surface area (Å²) in [7, 11) is 0. The number of esters is 1. The van der Waals surface area contributed by atoms with Crippen LogP contribution in [0.4, 0.5) is 11.4 Å². The Morgan fingerprint density at radius 1 is 1.21 bits per heavy atom. The van der Waals surface area contributed by atoms with E-state index in [1.54, 1.807) is 16.9 Å². The van der Waals surface area contributed by atoms with E-state index in [9.17, 15) is 19.7 Å². The van der Waals surface area contributed by atoms with Gasteiger partial charge >= 0.3 is 5.97 Å². The predicted molar refractivity (Wildman–Crippen MR) is 116 cm³/mol. The van der Waals surface area contributed by atoms with Gasteiger partial charge < -0.3 is 19.5 Å². The highest BCUT2D eigenvalue weighted by atomic mass is 16.6. The van der Waals surface area contributed by atoms with Crippen LogP contribution in [0.5, 0.6) is 11.5 Å². The van der Waals surface area contributed by atoms with Crippen LogP contribution in [-0.4, -0.2) is 51.4 Å². The number of carbonyl (C=O) groups is 2. The van der Waals surface area contributed by atoms with E-state index in [4.69, 9.17) is 14.2 Å². The molecule has 2 aromatic heterocycles. The zero-order valence-electron chi connectivity index (χ0n) is 17.9. The molecule has 1 aliphatic rings. The van der Waals surface area contributed by atoms with Gasteiger partial charge in [-0.2, -0.15) is 5.10 Å². The quantitative estimate of drug-likeness (QED) is 0.336. The molecule has 12 nitrogen and oxygen atoms in total. The number of carbonyl (C=O) groups excluding carboxylic acids is 2. The summed E-state index contributed by atoms with van der Waals surface area (Å²) in [6, 6.07) is 4.19. The van der Waals surface area contributed by atoms with Gasteiger partial charge in [0, 0.05) is 30.1 Å². The first-order chi connectivity index (χ1) is 15.8. The number of hydrogen-bond donors (Lipinski definition) is 1. The molecule has 0 unspecified atom stereocenters. The molecule has 4 rings (SSSR count). The lowest BCUT2D eigenvalue weighted by Crippen LogP contribution is -2.21. The molecule has 1 amide bonds. The fraction of sp³-hybridized carbons (Fsp3) is 0.333. The average Bonchev–Trinajstić information content (AvgIpc) is 3.08. The van der Waals surface area contributed by atoms with Crippen LogP contribution in [0.25, 0.3) is 11.0 Å². The third-order valence-electron chi connectivity index (χ3n) is 4.83. The van der Waals surface area contributed by atoms with Crippen LogP contribution in [-0.2, 0) is 9.53 Å². The number of rotatable bonds is 6. The van der Waals surface area contributed by atoms with Gasteiger partial charge in [0.05, 0.1) is 36.0 Å². The number of hydrogen-bond acceptors (Lipinski definition) is 9. The highest BCUT2D eigenvalue weighted by molar-refractivity contribution is 5.98. The van der Waals surface area contributed by atoms with Crippen LogP contribution in [0.1, 0.15) is 36.7 Å². The Balaban J connectivity index is 1.44. The number of fused-ring (bicyclic) bond motifs is 2. The first kappa shape index (κ1) is 22.0. The molecule has 0 bridgehead atoms. The molecule has 3 aromatic rings. The van der Waals surface area contributed by atoms with Gasteiger partial charge in [-0.05, 0) is 19.9 Å². The van der Waals surface area contributed by atoms with Gasteiger partial charge in [0.15, 0.2) is 23.8 Å². The Hall–Kier alpha value is -4.22. The first-order valence-corrected chi connectivity index (χ1v) is 10.2. The largest absolute Gasteiger partial charge is 0.489 e. The van der Waals surface area contributed by atoms with Crippen LogP contribution < -0.4 is 14.8 Å². The Labute approximate surface area is 187 Å². The lowest BCUT2D eigenvalue weighted by molar-refractivity contribution is -0.384. The zero-order valence-corrected chi connectivity index (χ0v) is 17.9. The van der Waals surface area contributed by atoms with Crippen LogP contribution in [0.3, 0.4) is 0 Å². The van der Waals surface area contributed by atoms with Crippen molar-refractivity contribution in [1.82, 2.24) is 14.8 Å². The number of anilines is 1. The number of nitro benzene ring substituents is 1. The molecule has 3 heterocycles. The van der Waals surface area contributed by atoms with Crippen molar-refractivity contribution < 1.29 is 28.7 Å². The zero-order chi connectivity index (χ0) is 23.5. The van der Waals surface area contributed by atoms with Gasteiger partial charge in [0.1, 0.15) is 5.69 Å². The van der Waals surface area contributed by atoms with Gasteiger partial charge in [0.25, 0.3) is 11.6 Å². The van der Waals surface area contributed by atoms with E-state index in [0.717, 1.165) is 0 Å². The Morgan fingerprint density at radius 3 is 2.64 bits per heavy atom. The van der Waals surface area contributed by atoms with Crippen molar-refractivity contribution >= 4 is 34.3 Å². The molecule has 0 spiro atoms. The van der Waals surface area contributed by atoms with Crippen molar-refractivity contribution in [2.24, 2.45) is 0 Å². The fourth-order valence-electron chi connectivity index (χ4n) is 3.28. The molecule has 0 saturated heterocycles. The van der Waals surface area contributed by atoms with E-state index in [-0.39, 0.29) is 34.5 Å². The van der Waals surface area contributed by atoms with E-state index in [1.165, 1.54) is 18.3 Å². The molecule has 1 N–H and O–H groups in total. The standard InChI is InChI=1S/C21H21N5O7/c1-12(2)25-20-13(10-23-25)6-14(9-22-20)21(28)33-11-19(27)24-15-7-17-18(8-16(15)26(29)30)32-5-3-4-31-17/h6-10,12H,3-5,11H2,1-2H3,(H,24,27). The topological polar surface area (TPSA) is 148 Å². The molecular formula is C21H21N5O7. The second-order valence-corrected chi connectivity index (χ2v) is 7.57. The van der Waals surface area contributed by atoms with E-state index in [1.807, 2.05) is 13.8 Å². The van der Waals surface area contributed by atoms with Crippen molar-refractivity contribution in [3.8, 4) is 11.5 Å². The van der Waals surface area contributed by atoms with Crippen molar-refractivity contribution in [3.63, 3.8) is 0 Å². The normalized spacial score (nSPS) is 12.9. The van der Waals surface area contributed by atoms with E-state index in [0.29, 0.717) is 30.7 Å². The number of nitrogens with zero attached hydrogens (tertiary/aromatic N) is 4. The van der Waals surface area contributed by atoms with Gasteiger partial charge in [-0.15, -0.1) is 0 Å². The summed E-state index contributed by atoms with van der Waals surface area (Å²) in [5, 5.41) is 18.7. The third kappa shape index (κ3) is 4.68. The number of nitro groups is 1. The van der Waals surface area contributed by atoms with Crippen LogP contribution >= 0.6 is 0 Å². The summed E-state index contributed by atoms with van der Waals surface area (Å²) in [6.45, 7) is 4.02. The summed E-state index contributed by atoms with van der Waals surface area (Å²) >= 11 is 0. The van der Waals surface area contributed by atoms with Gasteiger partial charge in [0.2, 0.25) is 0 Å². The van der Waals surface area contributed by atoms with E-state index >= 15 is 0 Å². The van der Waals surface area contributed by atoms with E-state index < -0.39 is 23.4 Å². The summed E-state index contributed by atoms with van der Waals surface area (Å²) < 4.78 is 17.7. The molecule has 12 heteroatoms. The first-order valence-electron chi connectivity index (χ1n) is 10.2. The van der Waals surface area contributed by atoms with Gasteiger partial charge in [-0.25, -0.2) is 14.5 Å². The molecule has 0 atom stereocenters. The molecule has 1 aliphatic heterocycles. The summed E-state index contributed by atoms with van der Waals surface area (Å²) in [5.41, 5.74) is 0.325. The number of benzene rings is 1. The van der Waals surface area contributed by atoms with Crippen LogP contribution in [0, 0.1) is 10.1 Å². The number of aromatic nitrogens is 3. The molecule has 0 radical (unpaired) electrons. The average molecular weight is 455 g/mol. The minimum atomic E-state index is -0.759. The van der Waals surface area contributed by atoms with Crippen molar-refractivity contribution in [2.75, 3.05) is 25.1 Å². The second-order valence-electron chi connectivity index (χ2n) is 7.57. The lowest BCUT2D eigenvalue weighted by atomic mass is 10.2. The molecule has 33 heavy (non-hydrogen) atoms. The molecule has 172 valence electrons. The van der Waals surface area contributed by atoms with Gasteiger partial charge in [-0.1, -0.05) is 0 Å². The van der Waals surface area contributed by atoms with Crippen molar-refractivity contribution in [1.29, 1.82) is 0 Å². The van der Waals surface area contributed by atoms with Gasteiger partial charge in [-0.3, -0.25) is 14.9 Å². The molecule has 0 fully saturated rings. The van der Waals surface area contributed by atoms with Crippen LogP contribution in [0.2, 0.25) is 0 Å². The predicted octanol–water partition coefficient (Wildman–Crippen LogP) is 2.88. The maximum absolute atomic E-state index is 12.4. The highest BCUT2D eigenvalue weighted by Crippen LogP contribution is 2.39. The monoisotopic (exact) mass is 455 g/mol. The number of nitrogens with one attached hydrogen (secondary N) is 1. The van der Waals surface area contributed by atoms with E-state index in [2.05, 4.69) is 15.4 Å². The maximum Gasteiger partial charge on any atom is 0.340 e. The maximum atomic E-state index is 12.4.